The largest absolute Gasteiger partial charge is 0.350 e. The monoisotopic (exact) mass is 231 g/mol. The van der Waals surface area contributed by atoms with E-state index in [-0.39, 0.29) is 0 Å². The minimum atomic E-state index is 0.392. The van der Waals surface area contributed by atoms with E-state index in [9.17, 15) is 0 Å². The van der Waals surface area contributed by atoms with Gasteiger partial charge in [-0.25, -0.2) is 9.50 Å². The highest BCUT2D eigenvalue weighted by atomic mass is 15.3. The number of hydrogen-bond donors (Lipinski definition) is 1. The summed E-state index contributed by atoms with van der Waals surface area (Å²) in [6, 6.07) is 2.39. The number of rotatable bonds is 2. The molecule has 17 heavy (non-hydrogen) atoms. The molecule has 2 aromatic rings. The second-order valence-electron chi connectivity index (χ2n) is 4.67. The highest BCUT2D eigenvalue weighted by molar-refractivity contribution is 5.69. The van der Waals surface area contributed by atoms with Crippen molar-refractivity contribution in [3.8, 4) is 0 Å². The maximum absolute atomic E-state index is 5.88. The molecule has 90 valence electrons. The van der Waals surface area contributed by atoms with Crippen LogP contribution in [0.4, 0.5) is 5.82 Å². The Hall–Kier alpha value is -1.62. The van der Waals surface area contributed by atoms with E-state index in [1.165, 1.54) is 6.42 Å². The molecule has 5 heteroatoms. The highest BCUT2D eigenvalue weighted by Crippen LogP contribution is 2.30. The third-order valence-corrected chi connectivity index (χ3v) is 3.70. The number of anilines is 1. The second kappa shape index (κ2) is 4.00. The van der Waals surface area contributed by atoms with Crippen LogP contribution in [0.25, 0.3) is 5.52 Å². The first-order chi connectivity index (χ1) is 8.31. The molecular weight excluding hydrogens is 214 g/mol. The van der Waals surface area contributed by atoms with Crippen LogP contribution >= 0.6 is 0 Å². The van der Waals surface area contributed by atoms with Gasteiger partial charge in [0, 0.05) is 31.5 Å². The van der Waals surface area contributed by atoms with E-state index in [1.807, 2.05) is 16.8 Å². The van der Waals surface area contributed by atoms with Gasteiger partial charge in [0.15, 0.2) is 5.82 Å². The lowest BCUT2D eigenvalue weighted by molar-refractivity contribution is 0.517. The topological polar surface area (TPSA) is 59.5 Å². The molecule has 1 aliphatic rings. The molecule has 0 aromatic carbocycles. The minimum absolute atomic E-state index is 0.392. The summed E-state index contributed by atoms with van der Waals surface area (Å²) in [6.45, 7) is 3.97. The van der Waals surface area contributed by atoms with E-state index in [0.717, 1.165) is 17.9 Å². The Morgan fingerprint density at radius 3 is 3.18 bits per heavy atom. The molecule has 0 saturated carbocycles. The number of fused-ring (bicyclic) bond motifs is 1. The zero-order valence-electron chi connectivity index (χ0n) is 9.95. The Kier molecular flexibility index (Phi) is 2.48. The Morgan fingerprint density at radius 1 is 1.47 bits per heavy atom. The third-order valence-electron chi connectivity index (χ3n) is 3.70. The molecule has 1 fully saturated rings. The molecule has 2 aromatic heterocycles. The molecule has 3 heterocycles. The molecule has 0 aliphatic carbocycles. The average molecular weight is 231 g/mol. The van der Waals surface area contributed by atoms with Gasteiger partial charge in [-0.3, -0.25) is 0 Å². The summed E-state index contributed by atoms with van der Waals surface area (Å²) in [7, 11) is 0. The summed E-state index contributed by atoms with van der Waals surface area (Å²) in [5.41, 5.74) is 6.94. The van der Waals surface area contributed by atoms with Gasteiger partial charge in [-0.05, 0) is 18.4 Å². The van der Waals surface area contributed by atoms with Crippen molar-refractivity contribution in [3.05, 3.63) is 24.7 Å². The van der Waals surface area contributed by atoms with Crippen molar-refractivity contribution < 1.29 is 0 Å². The van der Waals surface area contributed by atoms with E-state index in [4.69, 9.17) is 5.73 Å². The fourth-order valence-electron chi connectivity index (χ4n) is 2.70. The van der Waals surface area contributed by atoms with Gasteiger partial charge < -0.3 is 10.6 Å². The van der Waals surface area contributed by atoms with Crippen LogP contribution in [0.15, 0.2) is 24.7 Å². The van der Waals surface area contributed by atoms with E-state index < -0.39 is 0 Å². The summed E-state index contributed by atoms with van der Waals surface area (Å²) in [5.74, 6) is 1.63. The predicted octanol–water partition coefficient (Wildman–Crippen LogP) is 0.903. The average Bonchev–Trinajstić information content (AvgIpc) is 2.94. The van der Waals surface area contributed by atoms with Crippen LogP contribution in [0.3, 0.4) is 0 Å². The summed E-state index contributed by atoms with van der Waals surface area (Å²) < 4.78 is 1.86. The van der Waals surface area contributed by atoms with Crippen LogP contribution in [0.2, 0.25) is 0 Å². The zero-order valence-corrected chi connectivity index (χ0v) is 9.95. The quantitative estimate of drug-likeness (QED) is 0.834. The Labute approximate surface area is 100 Å². The van der Waals surface area contributed by atoms with Crippen LogP contribution in [-0.2, 0) is 0 Å². The third kappa shape index (κ3) is 1.58. The molecule has 2 atom stereocenters. The van der Waals surface area contributed by atoms with Crippen LogP contribution < -0.4 is 10.6 Å². The van der Waals surface area contributed by atoms with Gasteiger partial charge in [0.25, 0.3) is 0 Å². The second-order valence-corrected chi connectivity index (χ2v) is 4.67. The summed E-state index contributed by atoms with van der Waals surface area (Å²) >= 11 is 0. The summed E-state index contributed by atoms with van der Waals surface area (Å²) in [5, 5.41) is 4.24. The lowest BCUT2D eigenvalue weighted by Gasteiger charge is -2.27. The maximum Gasteiger partial charge on any atom is 0.154 e. The maximum atomic E-state index is 5.88. The van der Waals surface area contributed by atoms with Crippen molar-refractivity contribution >= 4 is 11.3 Å². The molecule has 5 nitrogen and oxygen atoms in total. The molecular formula is C12H17N5. The van der Waals surface area contributed by atoms with Crippen molar-refractivity contribution in [2.75, 3.05) is 18.0 Å². The molecule has 3 rings (SSSR count). The number of nitrogens with two attached hydrogens (primary N) is 1. The van der Waals surface area contributed by atoms with E-state index in [2.05, 4.69) is 21.9 Å². The number of aromatic nitrogens is 3. The first-order valence-corrected chi connectivity index (χ1v) is 6.06. The fourth-order valence-corrected chi connectivity index (χ4v) is 2.70. The van der Waals surface area contributed by atoms with Gasteiger partial charge in [-0.15, -0.1) is 0 Å². The molecule has 2 unspecified atom stereocenters. The summed E-state index contributed by atoms with van der Waals surface area (Å²) in [4.78, 5) is 6.82. The number of hydrogen-bond acceptors (Lipinski definition) is 4. The number of nitrogens with zero attached hydrogens (tertiary/aromatic N) is 4. The molecule has 2 N–H and O–H groups in total. The fraction of sp³-hybridized carbons (Fsp3) is 0.500. The van der Waals surface area contributed by atoms with Crippen molar-refractivity contribution in [2.45, 2.75) is 19.4 Å². The predicted molar refractivity (Wildman–Crippen MR) is 67.0 cm³/mol. The molecule has 1 saturated heterocycles. The Bertz CT molecular complexity index is 520. The lowest BCUT2D eigenvalue weighted by atomic mass is 10.0. The van der Waals surface area contributed by atoms with Crippen molar-refractivity contribution in [2.24, 2.45) is 11.7 Å². The SMILES string of the molecule is CC1CCN(c2nccn3nccc23)C1CN. The van der Waals surface area contributed by atoms with Gasteiger partial charge in [-0.1, -0.05) is 6.92 Å². The molecule has 1 aliphatic heterocycles. The van der Waals surface area contributed by atoms with Gasteiger partial charge in [-0.2, -0.15) is 5.10 Å². The van der Waals surface area contributed by atoms with Crippen LogP contribution in [0, 0.1) is 5.92 Å². The minimum Gasteiger partial charge on any atom is -0.350 e. The van der Waals surface area contributed by atoms with E-state index in [1.54, 1.807) is 12.4 Å². The van der Waals surface area contributed by atoms with Crippen LogP contribution in [-0.4, -0.2) is 33.7 Å². The van der Waals surface area contributed by atoms with Crippen molar-refractivity contribution in [1.82, 2.24) is 14.6 Å². The van der Waals surface area contributed by atoms with E-state index >= 15 is 0 Å². The van der Waals surface area contributed by atoms with Gasteiger partial charge in [0.1, 0.15) is 5.52 Å². The first-order valence-electron chi connectivity index (χ1n) is 6.06. The normalized spacial score (nSPS) is 24.7. The van der Waals surface area contributed by atoms with E-state index in [0.29, 0.717) is 18.5 Å². The van der Waals surface area contributed by atoms with Gasteiger partial charge in [0.2, 0.25) is 0 Å². The van der Waals surface area contributed by atoms with Gasteiger partial charge in [0.05, 0.1) is 6.20 Å². The Morgan fingerprint density at radius 2 is 2.35 bits per heavy atom. The van der Waals surface area contributed by atoms with Crippen molar-refractivity contribution in [1.29, 1.82) is 0 Å². The van der Waals surface area contributed by atoms with Gasteiger partial charge >= 0.3 is 0 Å². The first kappa shape index (κ1) is 10.5. The van der Waals surface area contributed by atoms with Crippen molar-refractivity contribution in [3.63, 3.8) is 0 Å². The molecule has 0 amide bonds. The zero-order chi connectivity index (χ0) is 11.8. The highest BCUT2D eigenvalue weighted by Gasteiger charge is 2.31. The smallest absolute Gasteiger partial charge is 0.154 e. The lowest BCUT2D eigenvalue weighted by Crippen LogP contribution is -2.39. The standard InChI is InChI=1S/C12H17N5/c1-9-3-6-16(11(9)8-13)12-10-2-4-15-17(10)7-5-14-12/h2,4-5,7,9,11H,3,6,8,13H2,1H3. The summed E-state index contributed by atoms with van der Waals surface area (Å²) in [6.07, 6.45) is 6.65. The molecule has 0 bridgehead atoms. The Balaban J connectivity index is 2.06. The molecule has 0 radical (unpaired) electrons. The van der Waals surface area contributed by atoms with Crippen LogP contribution in [0.5, 0.6) is 0 Å². The van der Waals surface area contributed by atoms with Crippen LogP contribution in [0.1, 0.15) is 13.3 Å². The molecule has 0 spiro atoms.